The Labute approximate surface area is 193 Å². The molecule has 1 heterocycles. The largest absolute Gasteiger partial charge is 0.407 e. The van der Waals surface area contributed by atoms with Crippen molar-refractivity contribution in [1.82, 2.24) is 9.78 Å². The molecule has 3 aromatic rings. The predicted octanol–water partition coefficient (Wildman–Crippen LogP) is 5.16. The monoisotopic (exact) mass is 447 g/mol. The number of benzene rings is 2. The highest BCUT2D eigenvalue weighted by atomic mass is 28.4. The second kappa shape index (κ2) is 9.63. The fraction of sp³-hybridized carbons (Fsp3) is 0.444. The maximum absolute atomic E-state index is 7.09. The zero-order valence-electron chi connectivity index (χ0n) is 19.7. The lowest BCUT2D eigenvalue weighted by Crippen LogP contribution is -2.66. The maximum Gasteiger partial charge on any atom is 0.261 e. The Morgan fingerprint density at radius 1 is 0.938 bits per heavy atom. The molecule has 1 fully saturated rings. The lowest BCUT2D eigenvalue weighted by atomic mass is 9.84. The summed E-state index contributed by atoms with van der Waals surface area (Å²) in [7, 11) is -2.43. The van der Waals surface area contributed by atoms with Gasteiger partial charge < -0.3 is 10.2 Å². The van der Waals surface area contributed by atoms with Gasteiger partial charge in [0, 0.05) is 12.8 Å². The van der Waals surface area contributed by atoms with E-state index in [-0.39, 0.29) is 5.04 Å². The highest BCUT2D eigenvalue weighted by Gasteiger charge is 2.50. The van der Waals surface area contributed by atoms with Crippen LogP contribution in [0.15, 0.2) is 73.1 Å². The molecule has 0 saturated heterocycles. The number of hydrogen-bond donors (Lipinski definition) is 1. The fourth-order valence-corrected chi connectivity index (χ4v) is 9.97. The van der Waals surface area contributed by atoms with Gasteiger partial charge in [-0.1, -0.05) is 81.4 Å². The first-order chi connectivity index (χ1) is 15.4. The minimum Gasteiger partial charge on any atom is -0.407 e. The van der Waals surface area contributed by atoms with Crippen LogP contribution in [-0.2, 0) is 4.43 Å². The topological polar surface area (TPSA) is 53.1 Å². The Kier molecular flexibility index (Phi) is 6.87. The Balaban J connectivity index is 1.47. The maximum atomic E-state index is 7.09. The molecule has 4 nitrogen and oxygen atoms in total. The van der Waals surface area contributed by atoms with Crippen molar-refractivity contribution in [3.63, 3.8) is 0 Å². The lowest BCUT2D eigenvalue weighted by molar-refractivity contribution is 0.206. The number of nitrogens with two attached hydrogens (primary N) is 1. The molecule has 5 heteroatoms. The summed E-state index contributed by atoms with van der Waals surface area (Å²) in [4.78, 5) is 0. The van der Waals surface area contributed by atoms with E-state index in [4.69, 9.17) is 10.2 Å². The Bertz CT molecular complexity index is 933. The summed E-state index contributed by atoms with van der Waals surface area (Å²) in [6, 6.07) is 22.4. The number of anilines is 1. The van der Waals surface area contributed by atoms with Crippen LogP contribution in [0.2, 0.25) is 5.04 Å². The van der Waals surface area contributed by atoms with Crippen LogP contribution in [0, 0.1) is 5.92 Å². The standard InChI is InChI=1S/C27H37N3OSi/c1-27(2,3)32(25-10-6-4-7-11-25,26-12-8-5-9-13-26)31-19-18-22-14-16-24(17-15-22)30-21-23(28)20-29-30/h4-13,20-22,24H,14-19,28H2,1-3H3/t22-,24-. The van der Waals surface area contributed by atoms with Crippen LogP contribution in [0.3, 0.4) is 0 Å². The van der Waals surface area contributed by atoms with Gasteiger partial charge in [-0.15, -0.1) is 0 Å². The highest BCUT2D eigenvalue weighted by molar-refractivity contribution is 6.99. The Morgan fingerprint density at radius 2 is 1.50 bits per heavy atom. The number of nitrogen functional groups attached to an aromatic ring is 1. The van der Waals surface area contributed by atoms with Gasteiger partial charge in [-0.05, 0) is 53.4 Å². The molecule has 170 valence electrons. The van der Waals surface area contributed by atoms with Gasteiger partial charge in [0.2, 0.25) is 0 Å². The van der Waals surface area contributed by atoms with Gasteiger partial charge in [0.25, 0.3) is 8.32 Å². The van der Waals surface area contributed by atoms with E-state index in [1.54, 1.807) is 6.20 Å². The molecular formula is C27H37N3OSi. The van der Waals surface area contributed by atoms with Gasteiger partial charge in [-0.25, -0.2) is 0 Å². The second-order valence-electron chi connectivity index (χ2n) is 10.2. The summed E-state index contributed by atoms with van der Waals surface area (Å²) in [5, 5.41) is 7.18. The normalized spacial score (nSPS) is 19.7. The quantitative estimate of drug-likeness (QED) is 0.509. The van der Waals surface area contributed by atoms with Crippen molar-refractivity contribution >= 4 is 24.4 Å². The predicted molar refractivity (Wildman–Crippen MR) is 136 cm³/mol. The van der Waals surface area contributed by atoms with E-state index in [0.29, 0.717) is 6.04 Å². The summed E-state index contributed by atoms with van der Waals surface area (Å²) >= 11 is 0. The molecule has 1 aliphatic carbocycles. The van der Waals surface area contributed by atoms with Crippen molar-refractivity contribution in [3.8, 4) is 0 Å². The van der Waals surface area contributed by atoms with E-state index in [9.17, 15) is 0 Å². The van der Waals surface area contributed by atoms with E-state index in [1.807, 2.05) is 6.20 Å². The van der Waals surface area contributed by atoms with E-state index in [1.165, 1.54) is 36.1 Å². The third-order valence-corrected chi connectivity index (χ3v) is 12.1. The van der Waals surface area contributed by atoms with Gasteiger partial charge >= 0.3 is 0 Å². The van der Waals surface area contributed by atoms with Crippen molar-refractivity contribution in [2.75, 3.05) is 12.3 Å². The van der Waals surface area contributed by atoms with Crippen LogP contribution >= 0.6 is 0 Å². The minimum absolute atomic E-state index is 0.0351. The van der Waals surface area contributed by atoms with Crippen molar-refractivity contribution in [3.05, 3.63) is 73.1 Å². The molecular weight excluding hydrogens is 410 g/mol. The smallest absolute Gasteiger partial charge is 0.261 e. The summed E-state index contributed by atoms with van der Waals surface area (Å²) < 4.78 is 9.15. The summed E-state index contributed by atoms with van der Waals surface area (Å²) in [6.07, 6.45) is 9.65. The van der Waals surface area contributed by atoms with E-state index in [2.05, 4.69) is 91.2 Å². The fourth-order valence-electron chi connectivity index (χ4n) is 5.39. The van der Waals surface area contributed by atoms with Gasteiger partial charge in [-0.2, -0.15) is 5.10 Å². The SMILES string of the molecule is CC(C)(C)[Si](OCC[C@H]1CC[C@H](n2cc(N)cn2)CC1)(c1ccccc1)c1ccccc1. The van der Waals surface area contributed by atoms with Crippen LogP contribution < -0.4 is 16.1 Å². The molecule has 1 saturated carbocycles. The number of rotatable bonds is 7. The van der Waals surface area contributed by atoms with Crippen LogP contribution in [0.25, 0.3) is 0 Å². The second-order valence-corrected chi connectivity index (χ2v) is 14.5. The molecule has 0 bridgehead atoms. The van der Waals surface area contributed by atoms with Crippen molar-refractivity contribution in [2.24, 2.45) is 5.92 Å². The molecule has 32 heavy (non-hydrogen) atoms. The third kappa shape index (κ3) is 4.69. The van der Waals surface area contributed by atoms with Crippen LogP contribution in [0.1, 0.15) is 58.9 Å². The Morgan fingerprint density at radius 3 is 1.97 bits per heavy atom. The Hall–Kier alpha value is -2.37. The lowest BCUT2D eigenvalue weighted by Gasteiger charge is -2.43. The molecule has 1 aromatic heterocycles. The third-order valence-electron chi connectivity index (χ3n) is 7.07. The van der Waals surface area contributed by atoms with E-state index in [0.717, 1.165) is 24.6 Å². The molecule has 0 unspecified atom stereocenters. The van der Waals surface area contributed by atoms with Crippen molar-refractivity contribution < 1.29 is 4.43 Å². The first-order valence-electron chi connectivity index (χ1n) is 11.9. The summed E-state index contributed by atoms with van der Waals surface area (Å²) in [6.45, 7) is 7.86. The molecule has 2 aromatic carbocycles. The average molecular weight is 448 g/mol. The van der Waals surface area contributed by atoms with Crippen LogP contribution in [-0.4, -0.2) is 24.7 Å². The van der Waals surface area contributed by atoms with Gasteiger partial charge in [0.1, 0.15) is 0 Å². The highest BCUT2D eigenvalue weighted by Crippen LogP contribution is 2.38. The molecule has 0 radical (unpaired) electrons. The molecule has 1 aliphatic rings. The number of hydrogen-bond acceptors (Lipinski definition) is 3. The van der Waals surface area contributed by atoms with E-state index < -0.39 is 8.32 Å². The minimum atomic E-state index is -2.43. The zero-order chi connectivity index (χ0) is 22.6. The number of nitrogens with zero attached hydrogens (tertiary/aromatic N) is 2. The van der Waals surface area contributed by atoms with Gasteiger partial charge in [0.15, 0.2) is 0 Å². The first kappa shape index (κ1) is 22.8. The van der Waals surface area contributed by atoms with Gasteiger partial charge in [-0.3, -0.25) is 4.68 Å². The molecule has 2 N–H and O–H groups in total. The van der Waals surface area contributed by atoms with Gasteiger partial charge in [0.05, 0.1) is 17.9 Å². The number of aromatic nitrogens is 2. The van der Waals surface area contributed by atoms with Crippen LogP contribution in [0.4, 0.5) is 5.69 Å². The van der Waals surface area contributed by atoms with Crippen molar-refractivity contribution in [2.45, 2.75) is 64.0 Å². The molecule has 0 aliphatic heterocycles. The summed E-state index contributed by atoms with van der Waals surface area (Å²) in [5.41, 5.74) is 6.61. The summed E-state index contributed by atoms with van der Waals surface area (Å²) in [5.74, 6) is 0.720. The first-order valence-corrected chi connectivity index (χ1v) is 13.9. The molecule has 4 rings (SSSR count). The van der Waals surface area contributed by atoms with Crippen molar-refractivity contribution in [1.29, 1.82) is 0 Å². The zero-order valence-corrected chi connectivity index (χ0v) is 20.7. The average Bonchev–Trinajstić information content (AvgIpc) is 3.24. The molecule has 0 atom stereocenters. The van der Waals surface area contributed by atoms with Crippen LogP contribution in [0.5, 0.6) is 0 Å². The van der Waals surface area contributed by atoms with E-state index >= 15 is 0 Å². The molecule has 0 spiro atoms. The molecule has 0 amide bonds.